The lowest BCUT2D eigenvalue weighted by atomic mass is 9.64. The Bertz CT molecular complexity index is 338. The molecule has 0 aromatic carbocycles. The third-order valence-electron chi connectivity index (χ3n) is 4.45. The molecular weight excluding hydrogens is 233 g/mol. The molecule has 19 heavy (non-hydrogen) atoms. The Morgan fingerprint density at radius 1 is 1.26 bits per heavy atom. The Morgan fingerprint density at radius 2 is 1.89 bits per heavy atom. The minimum absolute atomic E-state index is 0.0176. The van der Waals surface area contributed by atoms with Gasteiger partial charge in [-0.05, 0) is 38.2 Å². The standard InChI is InChI=1S/C14H24BNO.C2H6/c1-13(15)7-5-6-12-11(8-13)9-14(2,10-17-4)16(12)3;1-2/h5-10H2,1-4H3;1-2H3. The molecule has 3 heteroatoms. The van der Waals surface area contributed by atoms with Crippen LogP contribution in [-0.2, 0) is 4.74 Å². The van der Waals surface area contributed by atoms with Crippen LogP contribution in [0.2, 0.25) is 5.31 Å². The van der Waals surface area contributed by atoms with Crippen molar-refractivity contribution in [3.05, 3.63) is 11.3 Å². The maximum absolute atomic E-state index is 6.36. The van der Waals surface area contributed by atoms with Crippen LogP contribution in [0.3, 0.4) is 0 Å². The minimum Gasteiger partial charge on any atom is -0.382 e. The van der Waals surface area contributed by atoms with Crippen molar-refractivity contribution in [2.45, 2.75) is 70.7 Å². The van der Waals surface area contributed by atoms with E-state index in [2.05, 4.69) is 25.8 Å². The highest BCUT2D eigenvalue weighted by molar-refractivity contribution is 6.15. The Kier molecular flexibility index (Phi) is 5.55. The number of nitrogens with zero attached hydrogens (tertiary/aromatic N) is 1. The predicted molar refractivity (Wildman–Crippen MR) is 83.6 cm³/mol. The Labute approximate surface area is 121 Å². The van der Waals surface area contributed by atoms with Crippen LogP contribution in [0.15, 0.2) is 11.3 Å². The van der Waals surface area contributed by atoms with Crippen molar-refractivity contribution in [3.63, 3.8) is 0 Å². The number of ether oxygens (including phenoxy) is 1. The van der Waals surface area contributed by atoms with Crippen molar-refractivity contribution in [2.75, 3.05) is 20.8 Å². The second-order valence-electron chi connectivity index (χ2n) is 6.40. The average Bonchev–Trinajstić information content (AvgIpc) is 2.49. The van der Waals surface area contributed by atoms with Gasteiger partial charge in [0.2, 0.25) is 0 Å². The summed E-state index contributed by atoms with van der Waals surface area (Å²) in [6.45, 7) is 9.27. The first-order valence-corrected chi connectivity index (χ1v) is 7.60. The Hall–Kier alpha value is -0.435. The van der Waals surface area contributed by atoms with E-state index >= 15 is 0 Å². The molecular formula is C16H30BNO. The van der Waals surface area contributed by atoms with Crippen molar-refractivity contribution in [2.24, 2.45) is 0 Å². The lowest BCUT2D eigenvalue weighted by Crippen LogP contribution is -2.43. The predicted octanol–water partition coefficient (Wildman–Crippen LogP) is 3.93. The van der Waals surface area contributed by atoms with Gasteiger partial charge in [0.15, 0.2) is 0 Å². The zero-order chi connectivity index (χ0) is 14.7. The van der Waals surface area contributed by atoms with Crippen LogP contribution in [-0.4, -0.2) is 39.0 Å². The zero-order valence-corrected chi connectivity index (χ0v) is 13.7. The van der Waals surface area contributed by atoms with Gasteiger partial charge in [0.1, 0.15) is 0 Å². The maximum Gasteiger partial charge on any atom is 0.0746 e. The SMILES string of the molecule is CC.[B]C1(C)CCCC2=C(C1)CC(C)(COC)N2C. The third kappa shape index (κ3) is 3.56. The van der Waals surface area contributed by atoms with Crippen LogP contribution in [0.25, 0.3) is 0 Å². The molecule has 1 aliphatic heterocycles. The van der Waals surface area contributed by atoms with Gasteiger partial charge in [-0.15, -0.1) is 0 Å². The molecule has 2 nitrogen and oxygen atoms in total. The molecule has 0 aromatic heterocycles. The minimum atomic E-state index is -0.0176. The van der Waals surface area contributed by atoms with Crippen LogP contribution >= 0.6 is 0 Å². The van der Waals surface area contributed by atoms with E-state index in [4.69, 9.17) is 12.6 Å². The lowest BCUT2D eigenvalue weighted by molar-refractivity contribution is 0.0682. The van der Waals surface area contributed by atoms with Gasteiger partial charge in [-0.25, -0.2) is 0 Å². The molecule has 0 N–H and O–H groups in total. The van der Waals surface area contributed by atoms with Crippen molar-refractivity contribution in [1.82, 2.24) is 4.90 Å². The van der Waals surface area contributed by atoms with Crippen LogP contribution in [0.4, 0.5) is 0 Å². The summed E-state index contributed by atoms with van der Waals surface area (Å²) in [5.41, 5.74) is 3.22. The van der Waals surface area contributed by atoms with Crippen molar-refractivity contribution < 1.29 is 4.74 Å². The van der Waals surface area contributed by atoms with E-state index in [1.807, 2.05) is 13.8 Å². The quantitative estimate of drug-likeness (QED) is 0.700. The van der Waals surface area contributed by atoms with Gasteiger partial charge in [-0.2, -0.15) is 0 Å². The summed E-state index contributed by atoms with van der Waals surface area (Å²) in [6.07, 6.45) is 5.68. The summed E-state index contributed by atoms with van der Waals surface area (Å²) in [7, 11) is 10.4. The van der Waals surface area contributed by atoms with E-state index in [0.717, 1.165) is 25.9 Å². The highest BCUT2D eigenvalue weighted by atomic mass is 16.5. The highest BCUT2D eigenvalue weighted by Gasteiger charge is 2.41. The smallest absolute Gasteiger partial charge is 0.0746 e. The second kappa shape index (κ2) is 6.34. The van der Waals surface area contributed by atoms with Crippen LogP contribution in [0, 0.1) is 0 Å². The third-order valence-corrected chi connectivity index (χ3v) is 4.45. The summed E-state index contributed by atoms with van der Waals surface area (Å²) >= 11 is 0. The maximum atomic E-state index is 6.36. The molecule has 0 aromatic rings. The highest BCUT2D eigenvalue weighted by Crippen LogP contribution is 2.48. The summed E-state index contributed by atoms with van der Waals surface area (Å²) in [4.78, 5) is 2.44. The summed E-state index contributed by atoms with van der Waals surface area (Å²) in [6, 6.07) is 0. The van der Waals surface area contributed by atoms with Gasteiger partial charge in [-0.3, -0.25) is 0 Å². The summed E-state index contributed by atoms with van der Waals surface area (Å²) < 4.78 is 5.39. The number of likely N-dealkylation sites (N-methyl/N-ethyl adjacent to an activating group) is 1. The van der Waals surface area contributed by atoms with Gasteiger partial charge in [0, 0.05) is 19.9 Å². The topological polar surface area (TPSA) is 12.5 Å². The molecule has 0 fully saturated rings. The molecule has 2 aliphatic rings. The number of methoxy groups -OCH3 is 1. The van der Waals surface area contributed by atoms with E-state index < -0.39 is 0 Å². The number of hydrogen-bond acceptors (Lipinski definition) is 2. The lowest BCUT2D eigenvalue weighted by Gasteiger charge is -2.36. The summed E-state index contributed by atoms with van der Waals surface area (Å²) in [5, 5.41) is -0.0176. The Morgan fingerprint density at radius 3 is 2.47 bits per heavy atom. The fourth-order valence-electron chi connectivity index (χ4n) is 3.45. The molecule has 2 atom stereocenters. The van der Waals surface area contributed by atoms with Gasteiger partial charge in [0.25, 0.3) is 0 Å². The van der Waals surface area contributed by atoms with E-state index in [9.17, 15) is 0 Å². The first-order valence-electron chi connectivity index (χ1n) is 7.60. The van der Waals surface area contributed by atoms with Gasteiger partial charge >= 0.3 is 0 Å². The Balaban J connectivity index is 0.000000861. The second-order valence-corrected chi connectivity index (χ2v) is 6.40. The fraction of sp³-hybridized carbons (Fsp3) is 0.875. The molecule has 2 unspecified atom stereocenters. The monoisotopic (exact) mass is 263 g/mol. The van der Waals surface area contributed by atoms with Crippen LogP contribution < -0.4 is 0 Å². The molecule has 0 bridgehead atoms. The summed E-state index contributed by atoms with van der Waals surface area (Å²) in [5.74, 6) is 0. The van der Waals surface area contributed by atoms with E-state index in [-0.39, 0.29) is 10.9 Å². The molecule has 2 radical (unpaired) electrons. The fourth-order valence-corrected chi connectivity index (χ4v) is 3.45. The van der Waals surface area contributed by atoms with Crippen molar-refractivity contribution >= 4 is 7.85 Å². The van der Waals surface area contributed by atoms with E-state index in [0.29, 0.717) is 0 Å². The molecule has 1 aliphatic carbocycles. The van der Waals surface area contributed by atoms with E-state index in [1.54, 1.807) is 12.7 Å². The van der Waals surface area contributed by atoms with Gasteiger partial charge in [-0.1, -0.05) is 32.5 Å². The molecule has 0 saturated carbocycles. The molecule has 0 amide bonds. The zero-order valence-electron chi connectivity index (χ0n) is 13.7. The number of hydrogen-bond donors (Lipinski definition) is 0. The van der Waals surface area contributed by atoms with Crippen molar-refractivity contribution in [3.8, 4) is 0 Å². The molecule has 108 valence electrons. The molecule has 0 saturated heterocycles. The largest absolute Gasteiger partial charge is 0.382 e. The van der Waals surface area contributed by atoms with Crippen LogP contribution in [0.1, 0.15) is 59.8 Å². The molecule has 2 rings (SSSR count). The first kappa shape index (κ1) is 16.6. The normalized spacial score (nSPS) is 34.5. The van der Waals surface area contributed by atoms with Gasteiger partial charge < -0.3 is 9.64 Å². The number of rotatable bonds is 2. The van der Waals surface area contributed by atoms with Crippen LogP contribution in [0.5, 0.6) is 0 Å². The van der Waals surface area contributed by atoms with Gasteiger partial charge in [0.05, 0.1) is 20.0 Å². The average molecular weight is 263 g/mol. The number of allylic oxidation sites excluding steroid dienone is 1. The molecule has 0 spiro atoms. The first-order chi connectivity index (χ1) is 8.88. The van der Waals surface area contributed by atoms with E-state index in [1.165, 1.54) is 18.5 Å². The van der Waals surface area contributed by atoms with Crippen molar-refractivity contribution in [1.29, 1.82) is 0 Å². The molecule has 1 heterocycles.